The van der Waals surface area contributed by atoms with Crippen LogP contribution in [0.4, 0.5) is 0 Å². The molecule has 18 valence electrons. The molecule has 0 rings (SSSR count). The molecule has 0 saturated carbocycles. The van der Waals surface area contributed by atoms with Gasteiger partial charge in [0.25, 0.3) is 0 Å². The summed E-state index contributed by atoms with van der Waals surface area (Å²) in [6.07, 6.45) is 0. The van der Waals surface area contributed by atoms with Crippen LogP contribution in [0.15, 0.2) is 0 Å². The van der Waals surface area contributed by atoms with Crippen molar-refractivity contribution >= 4 is 0 Å². The van der Waals surface area contributed by atoms with Crippen molar-refractivity contribution in [1.29, 1.82) is 0 Å². The minimum atomic E-state index is 0. The average molecular weight is 562 g/mol. The van der Waals surface area contributed by atoms with E-state index in [9.17, 15) is 0 Å². The largest absolute Gasteiger partial charge is 0 e. The smallest absolute Gasteiger partial charge is 0 e. The van der Waals surface area contributed by atoms with Crippen molar-refractivity contribution in [3.8, 4) is 0 Å². The van der Waals surface area contributed by atoms with Crippen molar-refractivity contribution < 1.29 is 103 Å². The monoisotopic (exact) mass is 562 g/mol. The summed E-state index contributed by atoms with van der Waals surface area (Å²) in [5.41, 5.74) is 0. The van der Waals surface area contributed by atoms with E-state index in [1.54, 1.807) is 0 Å². The van der Waals surface area contributed by atoms with Crippen molar-refractivity contribution in [3.05, 3.63) is 0 Å². The van der Waals surface area contributed by atoms with E-state index in [-0.39, 0.29) is 103 Å². The molecule has 0 aliphatic rings. The molecule has 4 heavy (non-hydrogen) atoms. The second-order valence-corrected chi connectivity index (χ2v) is 0. The summed E-state index contributed by atoms with van der Waals surface area (Å²) in [4.78, 5) is 0. The second-order valence-electron chi connectivity index (χ2n) is 0. The minimum absolute atomic E-state index is 0. The summed E-state index contributed by atoms with van der Waals surface area (Å²) in [6, 6.07) is 0. The molecule has 0 heterocycles. The zero-order valence-corrected chi connectivity index (χ0v) is 13.3. The van der Waals surface area contributed by atoms with Crippen LogP contribution in [0.5, 0.6) is 0 Å². The molecular formula is UVWY. The van der Waals surface area contributed by atoms with Crippen molar-refractivity contribution in [2.24, 2.45) is 0 Å². The van der Waals surface area contributed by atoms with E-state index in [1.807, 2.05) is 0 Å². The van der Waals surface area contributed by atoms with Crippen LogP contribution < -0.4 is 0 Å². The van der Waals surface area contributed by atoms with Crippen LogP contribution in [-0.2, 0) is 72.3 Å². The van der Waals surface area contributed by atoms with Gasteiger partial charge in [-0.25, -0.2) is 0 Å². The van der Waals surface area contributed by atoms with Crippen LogP contribution in [0.2, 0.25) is 0 Å². The first-order valence-electron chi connectivity index (χ1n) is 0. The molecule has 0 atom stereocenters. The van der Waals surface area contributed by atoms with Gasteiger partial charge in [0.15, 0.2) is 0 Å². The molecule has 0 nitrogen and oxygen atoms in total. The van der Waals surface area contributed by atoms with Gasteiger partial charge < -0.3 is 0 Å². The first-order chi connectivity index (χ1) is 0. The fourth-order valence-corrected chi connectivity index (χ4v) is 0. The zero-order valence-electron chi connectivity index (χ0n) is 1.93. The predicted molar refractivity (Wildman–Crippen MR) is 0 cm³/mol. The van der Waals surface area contributed by atoms with E-state index >= 15 is 0 Å². The Balaban J connectivity index is 0. The third-order valence-corrected chi connectivity index (χ3v) is 0. The van der Waals surface area contributed by atoms with Crippen LogP contribution >= 0.6 is 0 Å². The molecule has 4 heteroatoms. The van der Waals surface area contributed by atoms with Crippen molar-refractivity contribution in [1.82, 2.24) is 0 Å². The van der Waals surface area contributed by atoms with Gasteiger partial charge in [-0.15, -0.1) is 0 Å². The summed E-state index contributed by atoms with van der Waals surface area (Å²) >= 11 is 0. The van der Waals surface area contributed by atoms with E-state index in [0.29, 0.717) is 0 Å². The molecule has 0 aromatic heterocycles. The fraction of sp³-hybridized carbons (Fsp3) is 0. The molecule has 0 bridgehead atoms. The van der Waals surface area contributed by atoms with E-state index in [2.05, 4.69) is 0 Å². The summed E-state index contributed by atoms with van der Waals surface area (Å²) in [7, 11) is 0. The van der Waals surface area contributed by atoms with Gasteiger partial charge in [-0.2, -0.15) is 0 Å². The summed E-state index contributed by atoms with van der Waals surface area (Å²) in [5, 5.41) is 0. The Morgan fingerprint density at radius 3 is 1.00 bits per heavy atom. The van der Waals surface area contributed by atoms with Gasteiger partial charge in [0.2, 0.25) is 0 Å². The van der Waals surface area contributed by atoms with Gasteiger partial charge in [-0.3, -0.25) is 0 Å². The Labute approximate surface area is 101 Å². The van der Waals surface area contributed by atoms with Crippen LogP contribution in [-0.4, -0.2) is 0 Å². The number of hydrogen-bond donors (Lipinski definition) is 0. The van der Waals surface area contributed by atoms with Crippen molar-refractivity contribution in [2.75, 3.05) is 0 Å². The molecule has 0 fully saturated rings. The fourth-order valence-electron chi connectivity index (χ4n) is 0. The SMILES string of the molecule is [U].[V].[W].[Y]. The van der Waals surface area contributed by atoms with E-state index in [0.717, 1.165) is 0 Å². The van der Waals surface area contributed by atoms with Gasteiger partial charge >= 0.3 is 0 Å². The van der Waals surface area contributed by atoms with Crippen LogP contribution in [0.25, 0.3) is 0 Å². The molecule has 0 saturated heterocycles. The zero-order chi connectivity index (χ0) is 0. The Hall–Kier alpha value is 3.43. The number of rotatable bonds is 0. The molecule has 0 aliphatic carbocycles. The predicted octanol–water partition coefficient (Wildman–Crippen LogP) is -0.00750. The maximum atomic E-state index is 0. The van der Waals surface area contributed by atoms with E-state index < -0.39 is 0 Å². The minimum Gasteiger partial charge on any atom is 0 e. The first-order valence-corrected chi connectivity index (χ1v) is 0. The Bertz CT molecular complexity index is 8.00. The Morgan fingerprint density at radius 2 is 1.00 bits per heavy atom. The van der Waals surface area contributed by atoms with E-state index in [1.165, 1.54) is 0 Å². The first kappa shape index (κ1) is 26.1. The molecular weight excluding hydrogens is 562 g/mol. The Morgan fingerprint density at radius 1 is 1.00 bits per heavy atom. The maximum absolute atomic E-state index is 0. The summed E-state index contributed by atoms with van der Waals surface area (Å²) < 4.78 is 0. The average Bonchev–Trinajstić information content (AvgIpc) is 0. The van der Waals surface area contributed by atoms with Crippen LogP contribution in [0.1, 0.15) is 0 Å². The van der Waals surface area contributed by atoms with Gasteiger partial charge in [0.05, 0.1) is 0 Å². The van der Waals surface area contributed by atoms with Gasteiger partial charge in [-0.1, -0.05) is 0 Å². The second kappa shape index (κ2) is 16.1. The van der Waals surface area contributed by atoms with Crippen LogP contribution in [0, 0.1) is 31.1 Å². The molecule has 0 aromatic rings. The quantitative estimate of drug-likeness (QED) is 0.391. The molecule has 0 N–H and O–H groups in total. The van der Waals surface area contributed by atoms with E-state index in [4.69, 9.17) is 0 Å². The third-order valence-electron chi connectivity index (χ3n) is 0. The molecule has 0 spiro atoms. The molecule has 0 aromatic carbocycles. The molecule has 0 amide bonds. The van der Waals surface area contributed by atoms with Gasteiger partial charge in [0, 0.05) is 103 Å². The standard InChI is InChI=1S/U.V.W.Y. The van der Waals surface area contributed by atoms with Crippen molar-refractivity contribution in [3.63, 3.8) is 0 Å². The van der Waals surface area contributed by atoms with Gasteiger partial charge in [-0.05, 0) is 0 Å². The van der Waals surface area contributed by atoms with Crippen LogP contribution in [0.3, 0.4) is 0 Å². The maximum Gasteiger partial charge on any atom is 0 e. The third kappa shape index (κ3) is 9.06. The summed E-state index contributed by atoms with van der Waals surface area (Å²) in [5.74, 6) is 0. The Kier molecular flexibility index (Phi) is 105. The van der Waals surface area contributed by atoms with Gasteiger partial charge in [0.1, 0.15) is 0 Å². The molecule has 0 unspecified atom stereocenters. The topological polar surface area (TPSA) is 0 Å². The van der Waals surface area contributed by atoms with Crippen molar-refractivity contribution in [2.45, 2.75) is 0 Å². The summed E-state index contributed by atoms with van der Waals surface area (Å²) in [6.45, 7) is 0. The molecule has 2 radical (unpaired) electrons. The normalized spacial score (nSPS) is 0. The number of hydrogen-bond acceptors (Lipinski definition) is 0. The molecule has 0 aliphatic heterocycles.